The van der Waals surface area contributed by atoms with E-state index in [1.807, 2.05) is 27.7 Å². The van der Waals surface area contributed by atoms with Crippen molar-refractivity contribution in [2.45, 2.75) is 71.5 Å². The van der Waals surface area contributed by atoms with E-state index >= 15 is 0 Å². The number of rotatable bonds is 13. The number of nitrogens with two attached hydrogens (primary N) is 2. The summed E-state index contributed by atoms with van der Waals surface area (Å²) in [7, 11) is 0. The number of unbranched alkanes of at least 4 members (excludes halogenated alkanes) is 1. The number of Topliss-reactive ketones (excluding diaryl/α,β-unsaturated/α-hetero) is 1. The van der Waals surface area contributed by atoms with Crippen LogP contribution in [0, 0.1) is 11.8 Å². The molecule has 7 nitrogen and oxygen atoms in total. The minimum absolute atomic E-state index is 0.0420. The first-order valence-corrected chi connectivity index (χ1v) is 9.82. The van der Waals surface area contributed by atoms with Crippen molar-refractivity contribution in [3.05, 3.63) is 0 Å². The van der Waals surface area contributed by atoms with E-state index in [2.05, 4.69) is 10.6 Å². The van der Waals surface area contributed by atoms with Crippen molar-refractivity contribution >= 4 is 29.2 Å². The van der Waals surface area contributed by atoms with E-state index in [0.717, 1.165) is 6.42 Å². The third-order valence-corrected chi connectivity index (χ3v) is 4.41. The quantitative estimate of drug-likeness (QED) is 0.274. The number of amides is 2. The molecule has 26 heavy (non-hydrogen) atoms. The molecule has 0 bridgehead atoms. The number of carbonyl (C=O) groups excluding carboxylic acids is 3. The lowest BCUT2D eigenvalue weighted by Gasteiger charge is -2.25. The van der Waals surface area contributed by atoms with E-state index in [9.17, 15) is 14.4 Å². The lowest BCUT2D eigenvalue weighted by Crippen LogP contribution is -2.55. The lowest BCUT2D eigenvalue weighted by molar-refractivity contribution is -0.132. The first kappa shape index (κ1) is 24.8. The predicted octanol–water partition coefficient (Wildman–Crippen LogP) is 0.922. The molecule has 0 fully saturated rings. The molecule has 0 heterocycles. The Morgan fingerprint density at radius 3 is 2.00 bits per heavy atom. The first-order chi connectivity index (χ1) is 12.1. The molecule has 0 aromatic heterocycles. The van der Waals surface area contributed by atoms with Gasteiger partial charge in [-0.3, -0.25) is 14.4 Å². The summed E-state index contributed by atoms with van der Waals surface area (Å²) in [6.45, 7) is 8.12. The lowest BCUT2D eigenvalue weighted by atomic mass is 9.99. The number of hydrogen-bond donors (Lipinski definition) is 4. The van der Waals surface area contributed by atoms with Crippen LogP contribution < -0.4 is 22.1 Å². The molecule has 0 rings (SSSR count). The van der Waals surface area contributed by atoms with Crippen molar-refractivity contribution in [1.82, 2.24) is 10.6 Å². The molecular weight excluding hydrogens is 356 g/mol. The summed E-state index contributed by atoms with van der Waals surface area (Å²) < 4.78 is 0. The van der Waals surface area contributed by atoms with Crippen LogP contribution in [0.2, 0.25) is 0 Å². The fraction of sp³-hybridized carbons (Fsp3) is 0.833. The number of carbonyl (C=O) groups is 3. The van der Waals surface area contributed by atoms with Gasteiger partial charge in [-0.15, -0.1) is 11.6 Å². The predicted molar refractivity (Wildman–Crippen MR) is 105 cm³/mol. The summed E-state index contributed by atoms with van der Waals surface area (Å²) in [6, 6.07) is -2.10. The van der Waals surface area contributed by atoms with Gasteiger partial charge in [0.05, 0.1) is 18.0 Å². The number of ketones is 1. The van der Waals surface area contributed by atoms with E-state index in [1.54, 1.807) is 0 Å². The van der Waals surface area contributed by atoms with Gasteiger partial charge in [-0.05, 0) is 44.1 Å². The van der Waals surface area contributed by atoms with Crippen LogP contribution in [0.4, 0.5) is 0 Å². The van der Waals surface area contributed by atoms with Crippen molar-refractivity contribution in [3.63, 3.8) is 0 Å². The molecule has 0 radical (unpaired) electrons. The van der Waals surface area contributed by atoms with Gasteiger partial charge in [-0.2, -0.15) is 0 Å². The molecule has 152 valence electrons. The second-order valence-corrected chi connectivity index (χ2v) is 7.67. The Balaban J connectivity index is 5.06. The number of alkyl halides is 1. The summed E-state index contributed by atoms with van der Waals surface area (Å²) >= 11 is 5.66. The third kappa shape index (κ3) is 9.50. The summed E-state index contributed by atoms with van der Waals surface area (Å²) in [5.74, 6) is -1.04. The minimum Gasteiger partial charge on any atom is -0.344 e. The van der Waals surface area contributed by atoms with Crippen molar-refractivity contribution in [2.75, 3.05) is 12.4 Å². The SMILES string of the molecule is CC(C)C[C@H](NC(=O)[C@H](N)C(C)C)C(=O)N[C@@H](CCCCN)C(=O)CCl. The molecule has 3 atom stereocenters. The minimum atomic E-state index is -0.743. The summed E-state index contributed by atoms with van der Waals surface area (Å²) in [5, 5.41) is 5.45. The second kappa shape index (κ2) is 13.1. The topological polar surface area (TPSA) is 127 Å². The number of hydrogen-bond acceptors (Lipinski definition) is 5. The highest BCUT2D eigenvalue weighted by Crippen LogP contribution is 2.09. The van der Waals surface area contributed by atoms with E-state index < -0.39 is 18.1 Å². The zero-order chi connectivity index (χ0) is 20.3. The summed E-state index contributed by atoms with van der Waals surface area (Å²) in [4.78, 5) is 37.0. The van der Waals surface area contributed by atoms with Gasteiger partial charge >= 0.3 is 0 Å². The normalized spacial score (nSPS) is 14.8. The molecule has 0 aromatic carbocycles. The molecule has 0 aliphatic carbocycles. The van der Waals surface area contributed by atoms with E-state index in [0.29, 0.717) is 25.8 Å². The maximum Gasteiger partial charge on any atom is 0.243 e. The molecule has 0 aromatic rings. The van der Waals surface area contributed by atoms with Crippen LogP contribution in [-0.2, 0) is 14.4 Å². The zero-order valence-electron chi connectivity index (χ0n) is 16.4. The average Bonchev–Trinajstić information content (AvgIpc) is 2.58. The maximum absolute atomic E-state index is 12.7. The highest BCUT2D eigenvalue weighted by molar-refractivity contribution is 6.28. The monoisotopic (exact) mass is 390 g/mol. The van der Waals surface area contributed by atoms with Crippen LogP contribution in [0.25, 0.3) is 0 Å². The maximum atomic E-state index is 12.7. The van der Waals surface area contributed by atoms with Gasteiger partial charge in [0.25, 0.3) is 0 Å². The fourth-order valence-corrected chi connectivity index (χ4v) is 2.63. The van der Waals surface area contributed by atoms with E-state index in [4.69, 9.17) is 23.1 Å². The second-order valence-electron chi connectivity index (χ2n) is 7.41. The first-order valence-electron chi connectivity index (χ1n) is 9.29. The van der Waals surface area contributed by atoms with Crippen LogP contribution in [0.1, 0.15) is 53.4 Å². The van der Waals surface area contributed by atoms with Gasteiger partial charge in [0, 0.05) is 0 Å². The van der Waals surface area contributed by atoms with Gasteiger partial charge in [0.2, 0.25) is 11.8 Å². The highest BCUT2D eigenvalue weighted by atomic mass is 35.5. The number of halogens is 1. The van der Waals surface area contributed by atoms with E-state index in [-0.39, 0.29) is 35.3 Å². The number of nitrogens with one attached hydrogen (secondary N) is 2. The molecule has 0 saturated carbocycles. The zero-order valence-corrected chi connectivity index (χ0v) is 17.1. The molecule has 0 spiro atoms. The largest absolute Gasteiger partial charge is 0.344 e. The molecule has 0 aliphatic heterocycles. The van der Waals surface area contributed by atoms with Crippen LogP contribution in [0.5, 0.6) is 0 Å². The van der Waals surface area contributed by atoms with Gasteiger partial charge in [0.15, 0.2) is 5.78 Å². The Hall–Kier alpha value is -1.18. The Kier molecular flexibility index (Phi) is 12.5. The Morgan fingerprint density at radius 1 is 0.962 bits per heavy atom. The standard InChI is InChI=1S/C18H35ClN4O3/c1-11(2)9-14(23-18(26)16(21)12(3)4)17(25)22-13(15(24)10-19)7-5-6-8-20/h11-14,16H,5-10,20-21H2,1-4H3,(H,22,25)(H,23,26)/t13-,14-,16+/m0/s1. The Morgan fingerprint density at radius 2 is 1.54 bits per heavy atom. The Bertz CT molecular complexity index is 458. The van der Waals surface area contributed by atoms with Gasteiger partial charge < -0.3 is 22.1 Å². The van der Waals surface area contributed by atoms with Gasteiger partial charge in [-0.1, -0.05) is 27.7 Å². The molecule has 0 saturated heterocycles. The summed E-state index contributed by atoms with van der Waals surface area (Å²) in [5.41, 5.74) is 11.3. The van der Waals surface area contributed by atoms with Gasteiger partial charge in [0.1, 0.15) is 6.04 Å². The molecule has 0 unspecified atom stereocenters. The third-order valence-electron chi connectivity index (χ3n) is 4.14. The fourth-order valence-electron chi connectivity index (χ4n) is 2.45. The average molecular weight is 391 g/mol. The van der Waals surface area contributed by atoms with Crippen molar-refractivity contribution in [3.8, 4) is 0 Å². The smallest absolute Gasteiger partial charge is 0.243 e. The van der Waals surface area contributed by atoms with Crippen molar-refractivity contribution in [1.29, 1.82) is 0 Å². The Labute approximate surface area is 162 Å². The molecular formula is C18H35ClN4O3. The van der Waals surface area contributed by atoms with Crippen LogP contribution in [0.15, 0.2) is 0 Å². The van der Waals surface area contributed by atoms with E-state index in [1.165, 1.54) is 0 Å². The molecule has 0 aliphatic rings. The molecule has 2 amide bonds. The van der Waals surface area contributed by atoms with Crippen molar-refractivity contribution < 1.29 is 14.4 Å². The van der Waals surface area contributed by atoms with Gasteiger partial charge in [-0.25, -0.2) is 0 Å². The van der Waals surface area contributed by atoms with Crippen LogP contribution in [0.3, 0.4) is 0 Å². The molecule has 8 heteroatoms. The highest BCUT2D eigenvalue weighted by Gasteiger charge is 2.28. The summed E-state index contributed by atoms with van der Waals surface area (Å²) in [6.07, 6.45) is 2.40. The van der Waals surface area contributed by atoms with Crippen LogP contribution in [-0.4, -0.2) is 48.1 Å². The van der Waals surface area contributed by atoms with Crippen molar-refractivity contribution in [2.24, 2.45) is 23.3 Å². The van der Waals surface area contributed by atoms with Crippen LogP contribution >= 0.6 is 11.6 Å². The molecule has 6 N–H and O–H groups in total.